The molecule has 3 unspecified atom stereocenters. The third-order valence-corrected chi connectivity index (χ3v) is 4.48. The van der Waals surface area contributed by atoms with Gasteiger partial charge in [0.1, 0.15) is 0 Å². The highest BCUT2D eigenvalue weighted by atomic mass is 16.3. The first-order valence-electron chi connectivity index (χ1n) is 7.00. The van der Waals surface area contributed by atoms with E-state index < -0.39 is 11.0 Å². The molecule has 1 rings (SSSR count). The minimum Gasteiger partial charge on any atom is -0.389 e. The third-order valence-electron chi connectivity index (χ3n) is 4.48. The fourth-order valence-electron chi connectivity index (χ4n) is 3.44. The Morgan fingerprint density at radius 2 is 2.18 bits per heavy atom. The van der Waals surface area contributed by atoms with Gasteiger partial charge in [0.05, 0.1) is 17.1 Å². The quantitative estimate of drug-likeness (QED) is 0.806. The highest BCUT2D eigenvalue weighted by Gasteiger charge is 2.49. The summed E-state index contributed by atoms with van der Waals surface area (Å²) in [7, 11) is 0. The molecule has 1 saturated carbocycles. The first-order valence-corrected chi connectivity index (χ1v) is 7.00. The van der Waals surface area contributed by atoms with Gasteiger partial charge in [0.2, 0.25) is 0 Å². The standard InChI is InChI=1S/C15H27NO/c1-5-13-7-6-8-15(10-13,11-16)14(4,17)9-12(2)3/h12-13,17H,5-10H2,1-4H3. The van der Waals surface area contributed by atoms with Crippen LogP contribution in [0.4, 0.5) is 0 Å². The van der Waals surface area contributed by atoms with E-state index in [0.717, 1.165) is 32.1 Å². The summed E-state index contributed by atoms with van der Waals surface area (Å²) >= 11 is 0. The zero-order valence-electron chi connectivity index (χ0n) is 11.8. The van der Waals surface area contributed by atoms with Crippen LogP contribution in [0.3, 0.4) is 0 Å². The molecule has 17 heavy (non-hydrogen) atoms. The van der Waals surface area contributed by atoms with Crippen molar-refractivity contribution in [2.75, 3.05) is 0 Å². The van der Waals surface area contributed by atoms with Crippen LogP contribution < -0.4 is 0 Å². The molecule has 0 aliphatic heterocycles. The molecule has 0 heterocycles. The molecule has 0 aromatic rings. The van der Waals surface area contributed by atoms with Gasteiger partial charge in [-0.15, -0.1) is 0 Å². The maximum atomic E-state index is 10.8. The van der Waals surface area contributed by atoms with Crippen molar-refractivity contribution >= 4 is 0 Å². The zero-order chi connectivity index (χ0) is 13.1. The van der Waals surface area contributed by atoms with E-state index in [1.165, 1.54) is 6.42 Å². The smallest absolute Gasteiger partial charge is 0.0860 e. The normalized spacial score (nSPS) is 33.1. The molecule has 0 aromatic carbocycles. The lowest BCUT2D eigenvalue weighted by atomic mass is 9.60. The molecule has 0 amide bonds. The number of hydrogen-bond donors (Lipinski definition) is 1. The van der Waals surface area contributed by atoms with Crippen LogP contribution in [-0.2, 0) is 0 Å². The van der Waals surface area contributed by atoms with Crippen molar-refractivity contribution in [2.45, 2.75) is 71.8 Å². The van der Waals surface area contributed by atoms with Gasteiger partial charge in [-0.25, -0.2) is 0 Å². The molecular formula is C15H27NO. The van der Waals surface area contributed by atoms with Gasteiger partial charge in [-0.2, -0.15) is 5.26 Å². The van der Waals surface area contributed by atoms with Crippen LogP contribution in [0.1, 0.15) is 66.2 Å². The third kappa shape index (κ3) is 3.01. The summed E-state index contributed by atoms with van der Waals surface area (Å²) in [6.45, 7) is 8.28. The van der Waals surface area contributed by atoms with Crippen molar-refractivity contribution in [3.05, 3.63) is 0 Å². The number of rotatable bonds is 4. The van der Waals surface area contributed by atoms with Gasteiger partial charge in [0.25, 0.3) is 0 Å². The minimum absolute atomic E-state index is 0.428. The summed E-state index contributed by atoms with van der Waals surface area (Å²) in [6.07, 6.45) is 5.88. The summed E-state index contributed by atoms with van der Waals surface area (Å²) in [4.78, 5) is 0. The molecule has 1 fully saturated rings. The van der Waals surface area contributed by atoms with E-state index in [0.29, 0.717) is 11.8 Å². The van der Waals surface area contributed by atoms with Crippen LogP contribution in [0.2, 0.25) is 0 Å². The van der Waals surface area contributed by atoms with E-state index >= 15 is 0 Å². The van der Waals surface area contributed by atoms with E-state index in [4.69, 9.17) is 0 Å². The van der Waals surface area contributed by atoms with Gasteiger partial charge in [0.15, 0.2) is 0 Å². The summed E-state index contributed by atoms with van der Waals surface area (Å²) in [6, 6.07) is 2.48. The minimum atomic E-state index is -0.843. The van der Waals surface area contributed by atoms with Gasteiger partial charge in [-0.05, 0) is 38.0 Å². The molecule has 0 saturated heterocycles. The summed E-state index contributed by atoms with van der Waals surface area (Å²) < 4.78 is 0. The molecule has 98 valence electrons. The maximum absolute atomic E-state index is 10.8. The average Bonchev–Trinajstić information content (AvgIpc) is 2.27. The average molecular weight is 237 g/mol. The second-order valence-electron chi connectivity index (χ2n) is 6.44. The molecule has 1 N–H and O–H groups in total. The monoisotopic (exact) mass is 237 g/mol. The lowest BCUT2D eigenvalue weighted by molar-refractivity contribution is -0.0808. The second-order valence-corrected chi connectivity index (χ2v) is 6.44. The van der Waals surface area contributed by atoms with Crippen molar-refractivity contribution in [2.24, 2.45) is 17.3 Å². The first-order chi connectivity index (χ1) is 7.87. The Bertz CT molecular complexity index is 290. The van der Waals surface area contributed by atoms with E-state index in [1.807, 2.05) is 6.92 Å². The van der Waals surface area contributed by atoms with Crippen molar-refractivity contribution in [1.29, 1.82) is 5.26 Å². The Hall–Kier alpha value is -0.550. The molecule has 1 aliphatic carbocycles. The van der Waals surface area contributed by atoms with Crippen molar-refractivity contribution in [3.63, 3.8) is 0 Å². The number of nitriles is 1. The zero-order valence-corrected chi connectivity index (χ0v) is 11.8. The van der Waals surface area contributed by atoms with Crippen molar-refractivity contribution in [3.8, 4) is 6.07 Å². The van der Waals surface area contributed by atoms with Crippen LogP contribution >= 0.6 is 0 Å². The SMILES string of the molecule is CCC1CCCC(C#N)(C(C)(O)CC(C)C)C1. The van der Waals surface area contributed by atoms with Gasteiger partial charge >= 0.3 is 0 Å². The maximum Gasteiger partial charge on any atom is 0.0860 e. The highest BCUT2D eigenvalue weighted by molar-refractivity contribution is 5.12. The van der Waals surface area contributed by atoms with E-state index in [2.05, 4.69) is 26.8 Å². The number of aliphatic hydroxyl groups is 1. The Morgan fingerprint density at radius 3 is 2.65 bits per heavy atom. The summed E-state index contributed by atoms with van der Waals surface area (Å²) in [5.41, 5.74) is -1.36. The molecule has 0 bridgehead atoms. The van der Waals surface area contributed by atoms with Crippen LogP contribution in [0.25, 0.3) is 0 Å². The Labute approximate surface area is 106 Å². The van der Waals surface area contributed by atoms with Crippen molar-refractivity contribution < 1.29 is 5.11 Å². The predicted octanol–water partition coefficient (Wildman–Crippen LogP) is 3.89. The molecular weight excluding hydrogens is 210 g/mol. The largest absolute Gasteiger partial charge is 0.389 e. The lowest BCUT2D eigenvalue weighted by Crippen LogP contribution is -2.48. The Morgan fingerprint density at radius 1 is 1.53 bits per heavy atom. The second kappa shape index (κ2) is 5.40. The van der Waals surface area contributed by atoms with E-state index in [9.17, 15) is 10.4 Å². The number of hydrogen-bond acceptors (Lipinski definition) is 2. The lowest BCUT2D eigenvalue weighted by Gasteiger charge is -2.46. The summed E-state index contributed by atoms with van der Waals surface area (Å²) in [5, 5.41) is 20.3. The van der Waals surface area contributed by atoms with Crippen LogP contribution in [0.15, 0.2) is 0 Å². The molecule has 0 aromatic heterocycles. The first kappa shape index (κ1) is 14.5. The van der Waals surface area contributed by atoms with Gasteiger partial charge < -0.3 is 5.11 Å². The van der Waals surface area contributed by atoms with Crippen molar-refractivity contribution in [1.82, 2.24) is 0 Å². The van der Waals surface area contributed by atoms with E-state index in [-0.39, 0.29) is 0 Å². The molecule has 0 radical (unpaired) electrons. The van der Waals surface area contributed by atoms with Gasteiger partial charge in [-0.3, -0.25) is 0 Å². The molecule has 2 heteroatoms. The topological polar surface area (TPSA) is 44.0 Å². The molecule has 3 atom stereocenters. The van der Waals surface area contributed by atoms with Gasteiger partial charge in [-0.1, -0.05) is 40.0 Å². The highest BCUT2D eigenvalue weighted by Crippen LogP contribution is 2.49. The fraction of sp³-hybridized carbons (Fsp3) is 0.933. The number of nitrogens with zero attached hydrogens (tertiary/aromatic N) is 1. The summed E-state index contributed by atoms with van der Waals surface area (Å²) in [5.74, 6) is 1.04. The Balaban J connectivity index is 2.91. The van der Waals surface area contributed by atoms with E-state index in [1.54, 1.807) is 0 Å². The Kier molecular flexibility index (Phi) is 4.61. The van der Waals surface area contributed by atoms with Crippen LogP contribution in [0.5, 0.6) is 0 Å². The molecule has 1 aliphatic rings. The van der Waals surface area contributed by atoms with Crippen LogP contribution in [-0.4, -0.2) is 10.7 Å². The predicted molar refractivity (Wildman–Crippen MR) is 70.4 cm³/mol. The molecule has 0 spiro atoms. The fourth-order valence-corrected chi connectivity index (χ4v) is 3.44. The van der Waals surface area contributed by atoms with Gasteiger partial charge in [0, 0.05) is 0 Å². The molecule has 2 nitrogen and oxygen atoms in total. The van der Waals surface area contributed by atoms with Crippen LogP contribution in [0, 0.1) is 28.6 Å².